The quantitative estimate of drug-likeness (QED) is 0.236. The summed E-state index contributed by atoms with van der Waals surface area (Å²) >= 11 is 3.53. The fourth-order valence-corrected chi connectivity index (χ4v) is 7.66. The van der Waals surface area contributed by atoms with E-state index in [1.165, 1.54) is 45.6 Å². The molecule has 0 aliphatic heterocycles. The number of benzene rings is 2. The number of primary amides is 1. The predicted octanol–water partition coefficient (Wildman–Crippen LogP) is 6.27. The molecule has 36 heavy (non-hydrogen) atoms. The van der Waals surface area contributed by atoms with Crippen molar-refractivity contribution in [2.45, 2.75) is 57.8 Å². The van der Waals surface area contributed by atoms with Gasteiger partial charge in [0.15, 0.2) is 0 Å². The SMILES string of the molecule is C=C(/C=C(\CC)C12CC3CC(CC(C3)C1)C2)c1ccc2cc(C(C(N)=O)C(=O)NC)ccc2c1.CS. The zero-order valence-electron chi connectivity index (χ0n) is 21.8. The Labute approximate surface area is 221 Å². The molecule has 4 nitrogen and oxygen atoms in total. The molecule has 6 rings (SSSR count). The van der Waals surface area contributed by atoms with Crippen molar-refractivity contribution < 1.29 is 9.59 Å². The standard InChI is InChI=1S/C30H36N2O2.CH4S/c1-4-26(30-15-19-10-20(16-30)12-21(11-19)17-30)9-18(2)22-5-6-24-14-25(8-7-23(24)13-22)27(28(31)33)29(34)32-3;1-2/h5-9,13-14,19-21,27H,2,4,10-12,15-17H2,1,3H3,(H2,31,33)(H,32,34);2H,1H3/b26-9+;. The van der Waals surface area contributed by atoms with Crippen molar-refractivity contribution in [3.63, 3.8) is 0 Å². The highest BCUT2D eigenvalue weighted by atomic mass is 32.1. The smallest absolute Gasteiger partial charge is 0.236 e. The summed E-state index contributed by atoms with van der Waals surface area (Å²) in [5.74, 6) is 0.777. The number of likely N-dealkylation sites (N-methyl/N-ethyl adjacent to an activating group) is 1. The van der Waals surface area contributed by atoms with Gasteiger partial charge in [0.1, 0.15) is 5.92 Å². The first-order valence-electron chi connectivity index (χ1n) is 13.2. The van der Waals surface area contributed by atoms with Crippen molar-refractivity contribution in [2.75, 3.05) is 13.3 Å². The number of nitrogens with two attached hydrogens (primary N) is 1. The van der Waals surface area contributed by atoms with Crippen LogP contribution >= 0.6 is 12.6 Å². The second kappa shape index (κ2) is 10.8. The molecule has 1 unspecified atom stereocenters. The third-order valence-electron chi connectivity index (χ3n) is 8.81. The largest absolute Gasteiger partial charge is 0.369 e. The molecule has 1 atom stereocenters. The topological polar surface area (TPSA) is 72.2 Å². The van der Waals surface area contributed by atoms with Crippen molar-refractivity contribution >= 4 is 40.8 Å². The molecule has 2 aromatic rings. The number of hydrogen-bond donors (Lipinski definition) is 3. The Morgan fingerprint density at radius 3 is 2.14 bits per heavy atom. The lowest BCUT2D eigenvalue weighted by molar-refractivity contribution is -0.129. The van der Waals surface area contributed by atoms with Gasteiger partial charge >= 0.3 is 0 Å². The van der Waals surface area contributed by atoms with Gasteiger partial charge in [-0.1, -0.05) is 49.4 Å². The summed E-state index contributed by atoms with van der Waals surface area (Å²) in [5, 5.41) is 4.57. The second-order valence-electron chi connectivity index (χ2n) is 11.0. The fourth-order valence-electron chi connectivity index (χ4n) is 7.66. The highest BCUT2D eigenvalue weighted by molar-refractivity contribution is 7.79. The van der Waals surface area contributed by atoms with Crippen LogP contribution in [0.4, 0.5) is 0 Å². The van der Waals surface area contributed by atoms with E-state index in [-0.39, 0.29) is 0 Å². The van der Waals surface area contributed by atoms with Gasteiger partial charge in [-0.2, -0.15) is 12.6 Å². The predicted molar refractivity (Wildman–Crippen MR) is 153 cm³/mol. The molecule has 3 N–H and O–H groups in total. The van der Waals surface area contributed by atoms with Crippen LogP contribution in [-0.4, -0.2) is 25.1 Å². The Morgan fingerprint density at radius 2 is 1.61 bits per heavy atom. The maximum atomic E-state index is 12.2. The zero-order chi connectivity index (χ0) is 26.0. The van der Waals surface area contributed by atoms with Gasteiger partial charge in [-0.15, -0.1) is 0 Å². The summed E-state index contributed by atoms with van der Waals surface area (Å²) in [6, 6.07) is 12.0. The Morgan fingerprint density at radius 1 is 1.06 bits per heavy atom. The van der Waals surface area contributed by atoms with Crippen LogP contribution in [0.2, 0.25) is 0 Å². The zero-order valence-corrected chi connectivity index (χ0v) is 22.7. The highest BCUT2D eigenvalue weighted by Gasteiger charge is 2.51. The molecule has 5 heteroatoms. The van der Waals surface area contributed by atoms with Crippen molar-refractivity contribution in [2.24, 2.45) is 28.9 Å². The van der Waals surface area contributed by atoms with Crippen molar-refractivity contribution in [3.8, 4) is 0 Å². The summed E-state index contributed by atoms with van der Waals surface area (Å²) in [7, 11) is 1.51. The molecule has 2 amide bonds. The van der Waals surface area contributed by atoms with Gasteiger partial charge < -0.3 is 11.1 Å². The minimum Gasteiger partial charge on any atom is -0.369 e. The van der Waals surface area contributed by atoms with Crippen LogP contribution in [0.25, 0.3) is 16.3 Å². The third-order valence-corrected chi connectivity index (χ3v) is 8.81. The number of nitrogens with one attached hydrogen (secondary N) is 1. The Bertz CT molecular complexity index is 1160. The van der Waals surface area contributed by atoms with Crippen molar-refractivity contribution in [3.05, 3.63) is 65.8 Å². The number of hydrogen-bond acceptors (Lipinski definition) is 3. The molecule has 0 saturated heterocycles. The fraction of sp³-hybridized carbons (Fsp3) is 0.484. The van der Waals surface area contributed by atoms with Gasteiger partial charge in [-0.3, -0.25) is 9.59 Å². The Balaban J connectivity index is 0.00000148. The number of carbonyl (C=O) groups is 2. The molecule has 4 fully saturated rings. The molecule has 0 radical (unpaired) electrons. The number of carbonyl (C=O) groups excluding carboxylic acids is 2. The molecule has 4 saturated carbocycles. The minimum absolute atomic E-state index is 0.390. The van der Waals surface area contributed by atoms with Crippen molar-refractivity contribution in [1.29, 1.82) is 0 Å². The summed E-state index contributed by atoms with van der Waals surface area (Å²) in [5.41, 5.74) is 10.3. The average molecular weight is 505 g/mol. The van der Waals surface area contributed by atoms with Crippen LogP contribution in [0.3, 0.4) is 0 Å². The molecular formula is C31H40N2O2S. The number of thiol groups is 1. The molecule has 4 aliphatic carbocycles. The Kier molecular flexibility index (Phi) is 7.99. The van der Waals surface area contributed by atoms with Gasteiger partial charge in [0, 0.05) is 7.05 Å². The van der Waals surface area contributed by atoms with Gasteiger partial charge in [0.25, 0.3) is 0 Å². The van der Waals surface area contributed by atoms with E-state index >= 15 is 0 Å². The van der Waals surface area contributed by atoms with Crippen LogP contribution in [0.5, 0.6) is 0 Å². The molecule has 0 aromatic heterocycles. The number of rotatable bonds is 7. The lowest BCUT2D eigenvalue weighted by Gasteiger charge is -2.58. The maximum absolute atomic E-state index is 12.2. The van der Waals surface area contributed by atoms with Crippen LogP contribution < -0.4 is 11.1 Å². The van der Waals surface area contributed by atoms with E-state index < -0.39 is 17.7 Å². The monoisotopic (exact) mass is 504 g/mol. The third kappa shape index (κ3) is 5.00. The summed E-state index contributed by atoms with van der Waals surface area (Å²) in [6.07, 6.45) is 13.7. The van der Waals surface area contributed by atoms with E-state index in [2.05, 4.69) is 49.7 Å². The normalized spacial score (nSPS) is 27.2. The number of allylic oxidation sites excluding steroid dienone is 3. The second-order valence-corrected chi connectivity index (χ2v) is 11.0. The first-order valence-corrected chi connectivity index (χ1v) is 14.1. The first kappa shape index (κ1) is 26.5. The first-order chi connectivity index (χ1) is 17.3. The molecule has 0 heterocycles. The van der Waals surface area contributed by atoms with Crippen LogP contribution in [0.15, 0.2) is 54.6 Å². The maximum Gasteiger partial charge on any atom is 0.236 e. The van der Waals surface area contributed by atoms with E-state index in [9.17, 15) is 9.59 Å². The lowest BCUT2D eigenvalue weighted by atomic mass is 9.47. The lowest BCUT2D eigenvalue weighted by Crippen LogP contribution is -2.46. The molecule has 192 valence electrons. The van der Waals surface area contributed by atoms with Crippen LogP contribution in [-0.2, 0) is 9.59 Å². The molecular weight excluding hydrogens is 464 g/mol. The highest BCUT2D eigenvalue weighted by Crippen LogP contribution is 2.63. The summed E-state index contributed by atoms with van der Waals surface area (Å²) in [4.78, 5) is 24.0. The molecule has 0 spiro atoms. The number of fused-ring (bicyclic) bond motifs is 1. The van der Waals surface area contributed by atoms with Crippen molar-refractivity contribution in [1.82, 2.24) is 5.32 Å². The summed E-state index contributed by atoms with van der Waals surface area (Å²) in [6.45, 7) is 6.77. The van der Waals surface area contributed by atoms with E-state index in [4.69, 9.17) is 5.73 Å². The van der Waals surface area contributed by atoms with E-state index in [1.54, 1.807) is 11.8 Å². The summed E-state index contributed by atoms with van der Waals surface area (Å²) < 4.78 is 0. The average Bonchev–Trinajstić information content (AvgIpc) is 2.86. The van der Waals surface area contributed by atoms with Gasteiger partial charge in [-0.25, -0.2) is 0 Å². The molecule has 2 aromatic carbocycles. The van der Waals surface area contributed by atoms with E-state index in [0.717, 1.165) is 46.1 Å². The molecule has 4 bridgehead atoms. The van der Waals surface area contributed by atoms with Crippen LogP contribution in [0, 0.1) is 23.2 Å². The molecule has 4 aliphatic rings. The van der Waals surface area contributed by atoms with Gasteiger partial charge in [-0.05, 0) is 114 Å². The van der Waals surface area contributed by atoms with E-state index in [1.807, 2.05) is 24.3 Å². The Hall–Kier alpha value is -2.53. The van der Waals surface area contributed by atoms with Crippen LogP contribution in [0.1, 0.15) is 68.9 Å². The van der Waals surface area contributed by atoms with Gasteiger partial charge in [0.2, 0.25) is 11.8 Å². The van der Waals surface area contributed by atoms with Gasteiger partial charge in [0.05, 0.1) is 0 Å². The minimum atomic E-state index is -0.987. The van der Waals surface area contributed by atoms with E-state index in [0.29, 0.717) is 11.0 Å². The number of amides is 2.